The van der Waals surface area contributed by atoms with Crippen molar-refractivity contribution >= 4 is 81.9 Å². The molecule has 0 aromatic heterocycles. The first kappa shape index (κ1) is 68.6. The van der Waals surface area contributed by atoms with Gasteiger partial charge in [0.05, 0.1) is 6.54 Å². The van der Waals surface area contributed by atoms with Gasteiger partial charge in [0.1, 0.15) is 42.3 Å². The van der Waals surface area contributed by atoms with E-state index in [0.717, 1.165) is 10.8 Å². The maximum absolute atomic E-state index is 14.9. The van der Waals surface area contributed by atoms with E-state index >= 15 is 0 Å². The van der Waals surface area contributed by atoms with Gasteiger partial charge < -0.3 is 88.4 Å². The molecule has 7 unspecified atom stereocenters. The summed E-state index contributed by atoms with van der Waals surface area (Å²) in [5.41, 5.74) is 48.1. The average Bonchev–Trinajstić information content (AvgIpc) is 3.65. The van der Waals surface area contributed by atoms with Crippen LogP contribution in [0.2, 0.25) is 0 Å². The first-order valence-electron chi connectivity index (χ1n) is 27.5. The van der Waals surface area contributed by atoms with Gasteiger partial charge in [-0.1, -0.05) is 42.5 Å². The Morgan fingerprint density at radius 3 is 1.11 bits per heavy atom. The van der Waals surface area contributed by atoms with E-state index in [1.165, 1.54) is 5.54 Å². The Kier molecular flexibility index (Phi) is 31.5. The van der Waals surface area contributed by atoms with Crippen LogP contribution in [0.3, 0.4) is 0 Å². The molecule has 2 aromatic carbocycles. The van der Waals surface area contributed by atoms with E-state index < -0.39 is 96.1 Å². The van der Waals surface area contributed by atoms with Gasteiger partial charge >= 0.3 is 0 Å². The zero-order chi connectivity index (χ0) is 61.1. The fourth-order valence-electron chi connectivity index (χ4n) is 8.69. The van der Waals surface area contributed by atoms with Crippen LogP contribution in [0, 0.1) is 0 Å². The van der Waals surface area contributed by atoms with Gasteiger partial charge in [0.25, 0.3) is 0 Å². The summed E-state index contributed by atoms with van der Waals surface area (Å²) in [5, 5.41) is 22.9. The number of fused-ring (bicyclic) bond motifs is 1. The van der Waals surface area contributed by atoms with Crippen LogP contribution >= 0.6 is 0 Å². The third-order valence-corrected chi connectivity index (χ3v) is 12.9. The van der Waals surface area contributed by atoms with Crippen molar-refractivity contribution in [2.75, 3.05) is 45.8 Å². The zero-order valence-corrected chi connectivity index (χ0v) is 46.6. The molecule has 3 rings (SSSR count). The molecule has 1 fully saturated rings. The standard InChI is InChI=1S/C51H84F2N22O8/c52-67-25-5-3-13-33-41(77)66-29-40(76)69-34(15-7-21-62-48(54)55)42(78)72-37(17-9-23-64-50(58)59)44(80)71-35(14-4-6-26-68-53)46(82)75-39(28-30-19-20-31-11-1-2-12-32(31)27-30)47(83)74-38(18-10-24-65-51(60)61)45(81)73-36(43(79)70-33)16-8-22-63-49(56)57/h1-2,11-12,19-20,27,33-39,67-68H,3-10,13-18,21-26,28-29H2,(H,66,77)(H,69,76)(H,70,79)(H,71,80)(H,72,78)(H,73,81)(H,74,83)(H,75,82)(H4,54,55,62)(H4,56,57,63)(H4,58,59,64)(H4,60,61,65). The van der Waals surface area contributed by atoms with Crippen molar-refractivity contribution in [3.8, 4) is 0 Å². The van der Waals surface area contributed by atoms with Crippen LogP contribution in [-0.4, -0.2) is 159 Å². The molecule has 460 valence electrons. The number of amides is 8. The van der Waals surface area contributed by atoms with Crippen LogP contribution in [0.15, 0.2) is 62.4 Å². The number of hydrogen-bond acceptors (Lipinski definition) is 14. The molecule has 0 aliphatic carbocycles. The minimum atomic E-state index is -1.47. The molecule has 83 heavy (non-hydrogen) atoms. The molecule has 32 heteroatoms. The zero-order valence-electron chi connectivity index (χ0n) is 46.6. The number of aliphatic imine (C=N–C) groups is 4. The fourth-order valence-corrected chi connectivity index (χ4v) is 8.69. The topological polar surface area (TPSA) is 514 Å². The lowest BCUT2D eigenvalue weighted by Gasteiger charge is -2.28. The number of guanidine groups is 4. The molecule has 1 aliphatic rings. The highest BCUT2D eigenvalue weighted by molar-refractivity contribution is 5.98. The third kappa shape index (κ3) is 27.6. The molecule has 1 saturated heterocycles. The average molecular weight is 1170 g/mol. The van der Waals surface area contributed by atoms with Crippen molar-refractivity contribution in [1.82, 2.24) is 53.6 Å². The highest BCUT2D eigenvalue weighted by atomic mass is 19.2. The number of unbranched alkanes of at least 4 members (excludes halogenated alkanes) is 2. The summed E-state index contributed by atoms with van der Waals surface area (Å²) in [6.07, 6.45) is 0.365. The molecular weight excluding hydrogens is 1090 g/mol. The van der Waals surface area contributed by atoms with Crippen molar-refractivity contribution in [3.05, 3.63) is 48.0 Å². The van der Waals surface area contributed by atoms with Gasteiger partial charge in [-0.05, 0) is 106 Å². The number of carbonyl (C=O) groups is 8. The van der Waals surface area contributed by atoms with E-state index in [1.54, 1.807) is 11.6 Å². The Labute approximate surface area is 479 Å². The van der Waals surface area contributed by atoms with Gasteiger partial charge in [0, 0.05) is 45.7 Å². The summed E-state index contributed by atoms with van der Waals surface area (Å²) >= 11 is 0. The van der Waals surface area contributed by atoms with Crippen molar-refractivity contribution in [1.29, 1.82) is 0 Å². The first-order chi connectivity index (χ1) is 39.7. The number of carbonyl (C=O) groups excluding carboxylic acids is 8. The predicted octanol–water partition coefficient (Wildman–Crippen LogP) is -4.59. The van der Waals surface area contributed by atoms with E-state index in [0.29, 0.717) is 5.56 Å². The van der Waals surface area contributed by atoms with Gasteiger partial charge in [0.15, 0.2) is 23.8 Å². The molecule has 26 N–H and O–H groups in total. The molecular formula is C51H84F2N22O8. The van der Waals surface area contributed by atoms with Gasteiger partial charge in [-0.25, -0.2) is 0 Å². The highest BCUT2D eigenvalue weighted by Crippen LogP contribution is 2.18. The fraction of sp³-hybridized carbons (Fsp3) is 0.569. The van der Waals surface area contributed by atoms with Crippen LogP contribution in [-0.2, 0) is 44.8 Å². The minimum Gasteiger partial charge on any atom is -0.370 e. The highest BCUT2D eigenvalue weighted by Gasteiger charge is 2.35. The lowest BCUT2D eigenvalue weighted by molar-refractivity contribution is -0.136. The van der Waals surface area contributed by atoms with Gasteiger partial charge in [-0.2, -0.15) is 11.1 Å². The predicted molar refractivity (Wildman–Crippen MR) is 310 cm³/mol. The van der Waals surface area contributed by atoms with Crippen molar-refractivity contribution in [2.24, 2.45) is 65.8 Å². The van der Waals surface area contributed by atoms with Gasteiger partial charge in [-0.15, -0.1) is 8.96 Å². The largest absolute Gasteiger partial charge is 0.370 e. The van der Waals surface area contributed by atoms with E-state index in [1.807, 2.05) is 36.4 Å². The summed E-state index contributed by atoms with van der Waals surface area (Å²) in [6.45, 7) is -0.906. The summed E-state index contributed by atoms with van der Waals surface area (Å²) in [5.74, 6) is -7.99. The normalized spacial score (nSPS) is 20.8. The van der Waals surface area contributed by atoms with Gasteiger partial charge in [-0.3, -0.25) is 58.3 Å². The lowest BCUT2D eigenvalue weighted by atomic mass is 9.99. The Hall–Kier alpha value is -8.68. The number of halogens is 2. The molecule has 0 radical (unpaired) electrons. The third-order valence-electron chi connectivity index (χ3n) is 12.9. The molecule has 7 atom stereocenters. The molecule has 8 amide bonds. The monoisotopic (exact) mass is 1170 g/mol. The van der Waals surface area contributed by atoms with E-state index in [2.05, 4.69) is 62.5 Å². The second kappa shape index (κ2) is 38.1. The molecule has 0 saturated carbocycles. The molecule has 1 aliphatic heterocycles. The summed E-state index contributed by atoms with van der Waals surface area (Å²) in [4.78, 5) is 131. The van der Waals surface area contributed by atoms with Crippen LogP contribution in [0.25, 0.3) is 10.8 Å². The number of hydrogen-bond donors (Lipinski definition) is 18. The smallest absolute Gasteiger partial charge is 0.243 e. The second-order valence-electron chi connectivity index (χ2n) is 19.6. The molecule has 2 aromatic rings. The lowest BCUT2D eigenvalue weighted by Crippen LogP contribution is -2.61. The van der Waals surface area contributed by atoms with Crippen LogP contribution in [0.4, 0.5) is 8.96 Å². The molecule has 0 spiro atoms. The van der Waals surface area contributed by atoms with E-state index in [-0.39, 0.29) is 159 Å². The van der Waals surface area contributed by atoms with E-state index in [4.69, 9.17) is 45.9 Å². The first-order valence-corrected chi connectivity index (χ1v) is 27.5. The molecule has 1 heterocycles. The number of nitrogens with one attached hydrogen (secondary N) is 10. The molecule has 30 nitrogen and oxygen atoms in total. The summed E-state index contributed by atoms with van der Waals surface area (Å²) < 4.78 is 26.1. The molecule has 0 bridgehead atoms. The van der Waals surface area contributed by atoms with Crippen molar-refractivity contribution < 1.29 is 47.3 Å². The Balaban J connectivity index is 2.28. The summed E-state index contributed by atoms with van der Waals surface area (Å²) in [6, 6.07) is 2.81. The number of nitrogens with two attached hydrogens (primary N) is 8. The Morgan fingerprint density at radius 2 is 0.735 bits per heavy atom. The maximum atomic E-state index is 14.9. The van der Waals surface area contributed by atoms with Crippen molar-refractivity contribution in [2.45, 2.75) is 139 Å². The summed E-state index contributed by atoms with van der Waals surface area (Å²) in [7, 11) is 0. The Morgan fingerprint density at radius 1 is 0.410 bits per heavy atom. The maximum Gasteiger partial charge on any atom is 0.243 e. The number of nitrogens with zero attached hydrogens (tertiary/aromatic N) is 4. The number of benzene rings is 2. The quantitative estimate of drug-likeness (QED) is 0.0165. The van der Waals surface area contributed by atoms with E-state index in [9.17, 15) is 47.3 Å². The van der Waals surface area contributed by atoms with Gasteiger partial charge in [0.2, 0.25) is 47.3 Å². The van der Waals surface area contributed by atoms with Crippen molar-refractivity contribution in [3.63, 3.8) is 0 Å². The minimum absolute atomic E-state index is 0.00350. The van der Waals surface area contributed by atoms with Crippen LogP contribution in [0.1, 0.15) is 95.5 Å². The second-order valence-corrected chi connectivity index (χ2v) is 19.6. The van der Waals surface area contributed by atoms with Crippen LogP contribution < -0.4 is 99.5 Å². The van der Waals surface area contributed by atoms with Crippen LogP contribution in [0.5, 0.6) is 0 Å². The number of rotatable bonds is 28. The SMILES string of the molecule is NC(N)=NCCCC1NC(=O)CNC(=O)C(CCCCNF)NC(=O)C(CCCN=C(N)N)NC(=O)C(CCCN=C(N)N)NC(=O)C(Cc2ccc3ccccc3c2)NC(=O)C(CCCCNF)NC(=O)C(CCCN=C(N)N)NC1=O. The Bertz CT molecular complexity index is 2540.